The molecular formula is C20H24F2N2O3S. The Hall–Kier alpha value is -2.48. The first-order chi connectivity index (χ1) is 13.2. The van der Waals surface area contributed by atoms with Crippen LogP contribution < -0.4 is 9.62 Å². The van der Waals surface area contributed by atoms with Crippen molar-refractivity contribution in [2.24, 2.45) is 0 Å². The van der Waals surface area contributed by atoms with E-state index >= 15 is 0 Å². The van der Waals surface area contributed by atoms with Crippen molar-refractivity contribution in [3.05, 3.63) is 65.7 Å². The van der Waals surface area contributed by atoms with Gasteiger partial charge < -0.3 is 5.32 Å². The Labute approximate surface area is 164 Å². The molecule has 152 valence electrons. The first kappa shape index (κ1) is 21.8. The minimum absolute atomic E-state index is 0.00837. The van der Waals surface area contributed by atoms with Gasteiger partial charge in [-0.3, -0.25) is 9.10 Å². The monoisotopic (exact) mass is 410 g/mol. The van der Waals surface area contributed by atoms with Crippen molar-refractivity contribution in [2.75, 3.05) is 23.7 Å². The normalized spacial score (nSPS) is 12.4. The molecule has 5 nitrogen and oxygen atoms in total. The molecule has 0 unspecified atom stereocenters. The minimum atomic E-state index is -3.69. The smallest absolute Gasteiger partial charge is 0.232 e. The van der Waals surface area contributed by atoms with Crippen molar-refractivity contribution in [1.29, 1.82) is 0 Å². The molecular weight excluding hydrogens is 386 g/mol. The van der Waals surface area contributed by atoms with E-state index in [1.165, 1.54) is 6.07 Å². The highest BCUT2D eigenvalue weighted by Crippen LogP contribution is 2.21. The molecule has 1 atom stereocenters. The summed E-state index contributed by atoms with van der Waals surface area (Å²) in [5, 5.41) is 2.83. The van der Waals surface area contributed by atoms with E-state index in [-0.39, 0.29) is 36.9 Å². The van der Waals surface area contributed by atoms with Crippen LogP contribution in [0.5, 0.6) is 0 Å². The van der Waals surface area contributed by atoms with E-state index in [1.807, 2.05) is 37.3 Å². The van der Waals surface area contributed by atoms with E-state index in [0.717, 1.165) is 28.3 Å². The lowest BCUT2D eigenvalue weighted by Gasteiger charge is -2.22. The lowest BCUT2D eigenvalue weighted by molar-refractivity contribution is -0.121. The highest BCUT2D eigenvalue weighted by Gasteiger charge is 2.19. The van der Waals surface area contributed by atoms with Crippen molar-refractivity contribution >= 4 is 21.6 Å². The molecule has 0 heterocycles. The summed E-state index contributed by atoms with van der Waals surface area (Å²) >= 11 is 0. The van der Waals surface area contributed by atoms with Crippen LogP contribution in [0.1, 0.15) is 31.2 Å². The Bertz CT molecular complexity index is 905. The first-order valence-corrected chi connectivity index (χ1v) is 10.8. The van der Waals surface area contributed by atoms with Crippen molar-refractivity contribution in [3.8, 4) is 0 Å². The molecule has 0 fully saturated rings. The molecule has 2 aromatic carbocycles. The number of amides is 1. The third kappa shape index (κ3) is 6.30. The van der Waals surface area contributed by atoms with Crippen LogP contribution in [0, 0.1) is 11.6 Å². The predicted octanol–water partition coefficient (Wildman–Crippen LogP) is 3.43. The van der Waals surface area contributed by atoms with Gasteiger partial charge in [-0.1, -0.05) is 37.3 Å². The third-order valence-corrected chi connectivity index (χ3v) is 5.52. The molecule has 0 bridgehead atoms. The fourth-order valence-corrected chi connectivity index (χ4v) is 3.72. The molecule has 8 heteroatoms. The topological polar surface area (TPSA) is 66.5 Å². The second-order valence-electron chi connectivity index (χ2n) is 6.65. The van der Waals surface area contributed by atoms with Crippen molar-refractivity contribution in [2.45, 2.75) is 25.7 Å². The fourth-order valence-electron chi connectivity index (χ4n) is 2.76. The Balaban J connectivity index is 1.88. The summed E-state index contributed by atoms with van der Waals surface area (Å²) in [5.74, 6) is -2.22. The van der Waals surface area contributed by atoms with Gasteiger partial charge in [-0.05, 0) is 30.0 Å². The Morgan fingerprint density at radius 2 is 1.79 bits per heavy atom. The molecule has 28 heavy (non-hydrogen) atoms. The zero-order chi connectivity index (χ0) is 20.7. The zero-order valence-electron chi connectivity index (χ0n) is 15.9. The van der Waals surface area contributed by atoms with E-state index in [2.05, 4.69) is 5.32 Å². The SMILES string of the molecule is C[C@@H](CNC(=O)CCCN(c1ccc(F)c(F)c1)S(C)(=O)=O)c1ccccc1. The molecule has 0 aromatic heterocycles. The molecule has 0 saturated carbocycles. The summed E-state index contributed by atoms with van der Waals surface area (Å²) in [6.07, 6.45) is 1.35. The summed E-state index contributed by atoms with van der Waals surface area (Å²) in [6.45, 7) is 2.47. The molecule has 0 radical (unpaired) electrons. The van der Waals surface area contributed by atoms with Crippen LogP contribution in [0.2, 0.25) is 0 Å². The summed E-state index contributed by atoms with van der Waals surface area (Å²) in [4.78, 5) is 12.1. The molecule has 1 amide bonds. The molecule has 0 spiro atoms. The number of carbonyl (C=O) groups is 1. The average Bonchev–Trinajstić information content (AvgIpc) is 2.65. The predicted molar refractivity (Wildman–Crippen MR) is 106 cm³/mol. The highest BCUT2D eigenvalue weighted by molar-refractivity contribution is 7.92. The summed E-state index contributed by atoms with van der Waals surface area (Å²) in [5.41, 5.74) is 1.14. The number of rotatable bonds is 9. The lowest BCUT2D eigenvalue weighted by Crippen LogP contribution is -2.32. The molecule has 1 N–H and O–H groups in total. The number of hydrogen-bond donors (Lipinski definition) is 1. The molecule has 2 aromatic rings. The minimum Gasteiger partial charge on any atom is -0.356 e. The van der Waals surface area contributed by atoms with Gasteiger partial charge in [-0.15, -0.1) is 0 Å². The van der Waals surface area contributed by atoms with Gasteiger partial charge in [0.1, 0.15) is 0 Å². The number of nitrogens with zero attached hydrogens (tertiary/aromatic N) is 1. The summed E-state index contributed by atoms with van der Waals surface area (Å²) in [7, 11) is -3.69. The summed E-state index contributed by atoms with van der Waals surface area (Å²) in [6, 6.07) is 12.7. The number of nitrogens with one attached hydrogen (secondary N) is 1. The molecule has 0 aliphatic carbocycles. The number of hydrogen-bond acceptors (Lipinski definition) is 3. The van der Waals surface area contributed by atoms with Gasteiger partial charge in [-0.25, -0.2) is 17.2 Å². The lowest BCUT2D eigenvalue weighted by atomic mass is 10.0. The van der Waals surface area contributed by atoms with E-state index < -0.39 is 21.7 Å². The van der Waals surface area contributed by atoms with Crippen molar-refractivity contribution in [3.63, 3.8) is 0 Å². The number of carbonyl (C=O) groups excluding carboxylic acids is 1. The van der Waals surface area contributed by atoms with Crippen molar-refractivity contribution < 1.29 is 22.0 Å². The van der Waals surface area contributed by atoms with Crippen molar-refractivity contribution in [1.82, 2.24) is 5.32 Å². The average molecular weight is 410 g/mol. The van der Waals surface area contributed by atoms with Gasteiger partial charge in [0.05, 0.1) is 11.9 Å². The Kier molecular flexibility index (Phi) is 7.51. The maximum atomic E-state index is 13.4. The Morgan fingerprint density at radius 3 is 2.39 bits per heavy atom. The highest BCUT2D eigenvalue weighted by atomic mass is 32.2. The van der Waals surface area contributed by atoms with E-state index in [0.29, 0.717) is 6.54 Å². The number of sulfonamides is 1. The second-order valence-corrected chi connectivity index (χ2v) is 8.56. The van der Waals surface area contributed by atoms with Crippen LogP contribution in [0.25, 0.3) is 0 Å². The van der Waals surface area contributed by atoms with Crippen LogP contribution in [0.15, 0.2) is 48.5 Å². The van der Waals surface area contributed by atoms with E-state index in [1.54, 1.807) is 0 Å². The maximum absolute atomic E-state index is 13.4. The zero-order valence-corrected chi connectivity index (χ0v) is 16.7. The van der Waals surface area contributed by atoms with Gasteiger partial charge in [0.15, 0.2) is 11.6 Å². The molecule has 0 aliphatic heterocycles. The number of benzene rings is 2. The second kappa shape index (κ2) is 9.64. The van der Waals surface area contributed by atoms with Gasteiger partial charge in [0, 0.05) is 25.6 Å². The number of anilines is 1. The maximum Gasteiger partial charge on any atom is 0.232 e. The molecule has 0 aliphatic rings. The van der Waals surface area contributed by atoms with Gasteiger partial charge in [-0.2, -0.15) is 0 Å². The Morgan fingerprint density at radius 1 is 1.11 bits per heavy atom. The van der Waals surface area contributed by atoms with E-state index in [4.69, 9.17) is 0 Å². The van der Waals surface area contributed by atoms with Gasteiger partial charge in [0.2, 0.25) is 15.9 Å². The molecule has 2 rings (SSSR count). The van der Waals surface area contributed by atoms with Crippen LogP contribution in [-0.4, -0.2) is 33.7 Å². The number of halogens is 2. The summed E-state index contributed by atoms with van der Waals surface area (Å²) < 4.78 is 51.5. The standard InChI is InChI=1S/C20H24F2N2O3S/c1-15(16-7-4-3-5-8-16)14-23-20(25)9-6-12-24(28(2,26)27)17-10-11-18(21)19(22)13-17/h3-5,7-8,10-11,13,15H,6,9,12,14H2,1-2H3,(H,23,25)/t15-/m0/s1. The van der Waals surface area contributed by atoms with Crippen LogP contribution in [-0.2, 0) is 14.8 Å². The largest absolute Gasteiger partial charge is 0.356 e. The molecule has 0 saturated heterocycles. The quantitative estimate of drug-likeness (QED) is 0.689. The van der Waals surface area contributed by atoms with E-state index in [9.17, 15) is 22.0 Å². The first-order valence-electron chi connectivity index (χ1n) is 8.93. The fraction of sp³-hybridized carbons (Fsp3) is 0.350. The third-order valence-electron chi connectivity index (χ3n) is 4.33. The van der Waals surface area contributed by atoms with Crippen LogP contribution >= 0.6 is 0 Å². The van der Waals surface area contributed by atoms with Gasteiger partial charge >= 0.3 is 0 Å². The van der Waals surface area contributed by atoms with Crippen LogP contribution in [0.4, 0.5) is 14.5 Å². The van der Waals surface area contributed by atoms with Crippen LogP contribution in [0.3, 0.4) is 0 Å². The van der Waals surface area contributed by atoms with Gasteiger partial charge in [0.25, 0.3) is 0 Å².